The van der Waals surface area contributed by atoms with Crippen LogP contribution in [0, 0.1) is 24.1 Å². The van der Waals surface area contributed by atoms with Crippen LogP contribution in [0.3, 0.4) is 0 Å². The fourth-order valence-electron chi connectivity index (χ4n) is 2.77. The second-order valence-electron chi connectivity index (χ2n) is 6.24. The van der Waals surface area contributed by atoms with Crippen LogP contribution < -0.4 is 4.74 Å². The lowest BCUT2D eigenvalue weighted by molar-refractivity contribution is 0.302. The third kappa shape index (κ3) is 4.89. The quantitative estimate of drug-likeness (QED) is 0.272. The van der Waals surface area contributed by atoms with E-state index >= 15 is 0 Å². The highest BCUT2D eigenvalue weighted by molar-refractivity contribution is 9.11. The molecule has 0 spiro atoms. The summed E-state index contributed by atoms with van der Waals surface area (Å²) >= 11 is 7.05. The van der Waals surface area contributed by atoms with Gasteiger partial charge in [-0.3, -0.25) is 0 Å². The van der Waals surface area contributed by atoms with Crippen LogP contribution in [0.2, 0.25) is 0 Å². The Bertz CT molecular complexity index is 1060. The maximum Gasteiger partial charge on any atom is 0.148 e. The Balaban J connectivity index is 1.87. The number of hydrogen-bond acceptors (Lipinski definition) is 2. The zero-order chi connectivity index (χ0) is 20.1. The van der Waals surface area contributed by atoms with E-state index < -0.39 is 5.82 Å². The lowest BCUT2D eigenvalue weighted by atomic mass is 10.0. The average molecular weight is 501 g/mol. The monoisotopic (exact) mass is 499 g/mol. The Morgan fingerprint density at radius 3 is 2.43 bits per heavy atom. The predicted molar refractivity (Wildman–Crippen MR) is 117 cm³/mol. The summed E-state index contributed by atoms with van der Waals surface area (Å²) in [5.41, 5.74) is 3.54. The van der Waals surface area contributed by atoms with Crippen LogP contribution in [0.1, 0.15) is 22.3 Å². The van der Waals surface area contributed by atoms with E-state index in [-0.39, 0.29) is 11.1 Å². The van der Waals surface area contributed by atoms with E-state index in [1.807, 2.05) is 37.3 Å². The molecule has 0 saturated carbocycles. The second kappa shape index (κ2) is 9.18. The van der Waals surface area contributed by atoms with Crippen LogP contribution in [-0.2, 0) is 6.61 Å². The van der Waals surface area contributed by atoms with E-state index in [2.05, 4.69) is 44.0 Å². The summed E-state index contributed by atoms with van der Waals surface area (Å²) in [5.74, 6) is 0.245. The molecule has 0 aliphatic heterocycles. The van der Waals surface area contributed by atoms with Gasteiger partial charge in [0.25, 0.3) is 0 Å². The van der Waals surface area contributed by atoms with Gasteiger partial charge >= 0.3 is 0 Å². The number of allylic oxidation sites excluding steroid dienone is 1. The van der Waals surface area contributed by atoms with Gasteiger partial charge in [0, 0.05) is 5.56 Å². The highest BCUT2D eigenvalue weighted by Gasteiger charge is 2.11. The predicted octanol–water partition coefficient (Wildman–Crippen LogP) is 7.30. The molecule has 0 aromatic heterocycles. The molecule has 5 heteroatoms. The molecule has 0 amide bonds. The van der Waals surface area contributed by atoms with E-state index in [0.29, 0.717) is 12.4 Å². The van der Waals surface area contributed by atoms with E-state index in [0.717, 1.165) is 20.1 Å². The summed E-state index contributed by atoms with van der Waals surface area (Å²) in [7, 11) is 0. The fourth-order valence-corrected chi connectivity index (χ4v) is 4.23. The lowest BCUT2D eigenvalue weighted by Gasteiger charge is -2.12. The number of nitriles is 1. The summed E-state index contributed by atoms with van der Waals surface area (Å²) in [6.45, 7) is 2.48. The number of aryl methyl sites for hydroxylation is 1. The van der Waals surface area contributed by atoms with Crippen LogP contribution in [0.15, 0.2) is 69.6 Å². The van der Waals surface area contributed by atoms with Gasteiger partial charge in [0.2, 0.25) is 0 Å². The minimum Gasteiger partial charge on any atom is -0.487 e. The van der Waals surface area contributed by atoms with E-state index in [1.165, 1.54) is 11.6 Å². The summed E-state index contributed by atoms with van der Waals surface area (Å²) in [6, 6.07) is 20.1. The molecule has 0 saturated heterocycles. The normalized spacial score (nSPS) is 11.2. The van der Waals surface area contributed by atoms with Crippen molar-refractivity contribution in [3.8, 4) is 11.8 Å². The molecule has 0 atom stereocenters. The molecular formula is C23H16Br2FNO. The first-order valence-corrected chi connectivity index (χ1v) is 10.1. The van der Waals surface area contributed by atoms with Gasteiger partial charge in [0.05, 0.1) is 20.6 Å². The van der Waals surface area contributed by atoms with Crippen LogP contribution in [0.4, 0.5) is 4.39 Å². The van der Waals surface area contributed by atoms with Crippen molar-refractivity contribution in [3.63, 3.8) is 0 Å². The van der Waals surface area contributed by atoms with E-state index in [9.17, 15) is 9.65 Å². The molecule has 140 valence electrons. The van der Waals surface area contributed by atoms with E-state index in [4.69, 9.17) is 4.74 Å². The summed E-state index contributed by atoms with van der Waals surface area (Å²) < 4.78 is 21.5. The fraction of sp³-hybridized carbons (Fsp3) is 0.0870. The Kier molecular flexibility index (Phi) is 6.66. The smallest absolute Gasteiger partial charge is 0.148 e. The number of halogens is 3. The zero-order valence-electron chi connectivity index (χ0n) is 15.0. The van der Waals surface area contributed by atoms with Crippen molar-refractivity contribution in [1.82, 2.24) is 0 Å². The Hall–Kier alpha value is -2.42. The summed E-state index contributed by atoms with van der Waals surface area (Å²) in [4.78, 5) is 0. The van der Waals surface area contributed by atoms with Gasteiger partial charge in [-0.25, -0.2) is 4.39 Å². The average Bonchev–Trinajstić information content (AvgIpc) is 2.66. The van der Waals surface area contributed by atoms with Gasteiger partial charge in [0.15, 0.2) is 0 Å². The lowest BCUT2D eigenvalue weighted by Crippen LogP contribution is -1.97. The van der Waals surface area contributed by atoms with Gasteiger partial charge in [0.1, 0.15) is 18.2 Å². The SMILES string of the molecule is Cc1cccc(COc2c(Br)cc(/C=C(/C#N)c3ccccc3F)cc2Br)c1. The van der Waals surface area contributed by atoms with Gasteiger partial charge < -0.3 is 4.74 Å². The zero-order valence-corrected chi connectivity index (χ0v) is 18.2. The molecule has 0 N–H and O–H groups in total. The summed E-state index contributed by atoms with van der Waals surface area (Å²) in [5, 5.41) is 9.46. The molecule has 28 heavy (non-hydrogen) atoms. The van der Waals surface area contributed by atoms with Crippen molar-refractivity contribution in [2.45, 2.75) is 13.5 Å². The minimum absolute atomic E-state index is 0.255. The molecule has 3 rings (SSSR count). The minimum atomic E-state index is -0.425. The third-order valence-electron chi connectivity index (χ3n) is 4.08. The maximum absolute atomic E-state index is 14.0. The van der Waals surface area contributed by atoms with E-state index in [1.54, 1.807) is 24.3 Å². The molecule has 3 aromatic rings. The molecule has 2 nitrogen and oxygen atoms in total. The topological polar surface area (TPSA) is 33.0 Å². The van der Waals surface area contributed by atoms with Crippen molar-refractivity contribution in [2.75, 3.05) is 0 Å². The molecule has 3 aromatic carbocycles. The Morgan fingerprint density at radius 1 is 1.07 bits per heavy atom. The molecule has 0 unspecified atom stereocenters. The molecule has 0 aliphatic rings. The number of benzene rings is 3. The van der Waals surface area contributed by atoms with Gasteiger partial charge in [-0.05, 0) is 74.2 Å². The Labute approximate surface area is 180 Å². The molecule has 0 heterocycles. The number of ether oxygens (including phenoxy) is 1. The van der Waals surface area contributed by atoms with Crippen molar-refractivity contribution in [1.29, 1.82) is 5.26 Å². The number of rotatable bonds is 5. The van der Waals surface area contributed by atoms with Crippen LogP contribution in [0.5, 0.6) is 5.75 Å². The number of hydrogen-bond donors (Lipinski definition) is 0. The first-order valence-electron chi connectivity index (χ1n) is 8.52. The number of nitrogens with zero attached hydrogens (tertiary/aromatic N) is 1. The Morgan fingerprint density at radius 2 is 1.79 bits per heavy atom. The van der Waals surface area contributed by atoms with Crippen molar-refractivity contribution in [3.05, 3.63) is 97.7 Å². The molecule has 0 radical (unpaired) electrons. The molecule has 0 aliphatic carbocycles. The van der Waals surface area contributed by atoms with Crippen LogP contribution in [0.25, 0.3) is 11.6 Å². The largest absolute Gasteiger partial charge is 0.487 e. The van der Waals surface area contributed by atoms with Gasteiger partial charge in [-0.2, -0.15) is 5.26 Å². The molecule has 0 bridgehead atoms. The second-order valence-corrected chi connectivity index (χ2v) is 7.95. The third-order valence-corrected chi connectivity index (χ3v) is 5.26. The first kappa shape index (κ1) is 20.3. The van der Waals surface area contributed by atoms with Crippen molar-refractivity contribution >= 4 is 43.5 Å². The maximum atomic E-state index is 14.0. The van der Waals surface area contributed by atoms with Gasteiger partial charge in [-0.1, -0.05) is 48.0 Å². The van der Waals surface area contributed by atoms with Crippen LogP contribution in [-0.4, -0.2) is 0 Å². The highest BCUT2D eigenvalue weighted by Crippen LogP contribution is 2.36. The molecular weight excluding hydrogens is 485 g/mol. The van der Waals surface area contributed by atoms with Crippen molar-refractivity contribution < 1.29 is 9.13 Å². The highest BCUT2D eigenvalue weighted by atomic mass is 79.9. The van der Waals surface area contributed by atoms with Crippen molar-refractivity contribution in [2.24, 2.45) is 0 Å². The summed E-state index contributed by atoms with van der Waals surface area (Å²) in [6.07, 6.45) is 1.65. The standard InChI is InChI=1S/C23H16Br2FNO/c1-15-5-4-6-16(9-15)14-28-23-20(24)11-17(12-21(23)25)10-18(13-27)19-7-2-3-8-22(19)26/h2-12H,14H2,1H3/b18-10-. The van der Waals surface area contributed by atoms with Gasteiger partial charge in [-0.15, -0.1) is 0 Å². The molecule has 0 fully saturated rings. The first-order chi connectivity index (χ1) is 13.5. The van der Waals surface area contributed by atoms with Crippen LogP contribution >= 0.6 is 31.9 Å².